The van der Waals surface area contributed by atoms with Crippen molar-refractivity contribution in [3.63, 3.8) is 0 Å². The molecule has 3 rings (SSSR count). The molecule has 1 aromatic heterocycles. The van der Waals surface area contributed by atoms with Crippen LogP contribution in [-0.2, 0) is 4.79 Å². The first-order chi connectivity index (χ1) is 12.0. The van der Waals surface area contributed by atoms with Gasteiger partial charge in [-0.05, 0) is 38.0 Å². The third-order valence-corrected chi connectivity index (χ3v) is 5.48. The second-order valence-electron chi connectivity index (χ2n) is 6.26. The summed E-state index contributed by atoms with van der Waals surface area (Å²) < 4.78 is 0. The number of imidazole rings is 1. The molecule has 0 bridgehead atoms. The normalized spacial score (nSPS) is 16.6. The van der Waals surface area contributed by atoms with E-state index in [1.807, 2.05) is 6.07 Å². The van der Waals surface area contributed by atoms with Gasteiger partial charge in [0, 0.05) is 11.1 Å². The molecule has 0 aliphatic heterocycles. The average Bonchev–Trinajstić information content (AvgIpc) is 2.96. The van der Waals surface area contributed by atoms with E-state index in [9.17, 15) is 9.59 Å². The van der Waals surface area contributed by atoms with Gasteiger partial charge < -0.3 is 10.3 Å². The Labute approximate surface area is 155 Å². The fourth-order valence-corrected chi connectivity index (χ4v) is 3.91. The van der Waals surface area contributed by atoms with Crippen LogP contribution < -0.4 is 10.6 Å². The van der Waals surface area contributed by atoms with Gasteiger partial charge >= 0.3 is 6.03 Å². The molecule has 0 radical (unpaired) electrons. The van der Waals surface area contributed by atoms with Gasteiger partial charge in [-0.15, -0.1) is 0 Å². The number of amides is 3. The Bertz CT molecular complexity index is 773. The van der Waals surface area contributed by atoms with Gasteiger partial charge in [0.15, 0.2) is 5.16 Å². The van der Waals surface area contributed by atoms with E-state index < -0.39 is 11.3 Å². The number of aromatic amines is 1. The van der Waals surface area contributed by atoms with E-state index >= 15 is 0 Å². The van der Waals surface area contributed by atoms with Crippen LogP contribution in [0.1, 0.15) is 39.0 Å². The van der Waals surface area contributed by atoms with Gasteiger partial charge in [-0.1, -0.05) is 42.6 Å². The number of urea groups is 1. The van der Waals surface area contributed by atoms with E-state index in [1.165, 1.54) is 18.2 Å². The second kappa shape index (κ2) is 8.10. The molecule has 8 heteroatoms. The lowest BCUT2D eigenvalue weighted by molar-refractivity contribution is -0.119. The van der Waals surface area contributed by atoms with Gasteiger partial charge in [0.25, 0.3) is 0 Å². The van der Waals surface area contributed by atoms with E-state index in [-0.39, 0.29) is 11.9 Å². The van der Waals surface area contributed by atoms with Crippen molar-refractivity contribution in [1.29, 1.82) is 0 Å². The summed E-state index contributed by atoms with van der Waals surface area (Å²) in [6, 6.07) is 5.13. The summed E-state index contributed by atoms with van der Waals surface area (Å²) in [7, 11) is 0. The van der Waals surface area contributed by atoms with Crippen molar-refractivity contribution in [3.8, 4) is 0 Å². The lowest BCUT2D eigenvalue weighted by Gasteiger charge is -2.22. The highest BCUT2D eigenvalue weighted by Gasteiger charge is 2.21. The summed E-state index contributed by atoms with van der Waals surface area (Å²) in [6.07, 6.45) is 5.43. The fourth-order valence-electron chi connectivity index (χ4n) is 2.92. The van der Waals surface area contributed by atoms with Gasteiger partial charge in [-0.2, -0.15) is 0 Å². The molecule has 1 saturated carbocycles. The number of carbonyl (C=O) groups excluding carboxylic acids is 2. The molecule has 0 spiro atoms. The zero-order valence-corrected chi connectivity index (χ0v) is 15.5. The van der Waals surface area contributed by atoms with E-state index in [1.54, 1.807) is 19.1 Å². The zero-order valence-electron chi connectivity index (χ0n) is 14.0. The molecule has 1 heterocycles. The molecular formula is C17H21ClN4O2S. The maximum Gasteiger partial charge on any atom is 0.321 e. The van der Waals surface area contributed by atoms with Crippen LogP contribution in [0.3, 0.4) is 0 Å². The van der Waals surface area contributed by atoms with Crippen molar-refractivity contribution in [2.24, 2.45) is 0 Å². The summed E-state index contributed by atoms with van der Waals surface area (Å²) in [6.45, 7) is 1.74. The van der Waals surface area contributed by atoms with Crippen LogP contribution in [0.2, 0.25) is 5.02 Å². The van der Waals surface area contributed by atoms with Crippen molar-refractivity contribution in [1.82, 2.24) is 20.6 Å². The summed E-state index contributed by atoms with van der Waals surface area (Å²) >= 11 is 7.23. The Balaban J connectivity index is 1.53. The van der Waals surface area contributed by atoms with Crippen LogP contribution in [0.25, 0.3) is 11.0 Å². The molecule has 1 fully saturated rings. The highest BCUT2D eigenvalue weighted by atomic mass is 35.5. The number of hydrogen-bond acceptors (Lipinski definition) is 4. The van der Waals surface area contributed by atoms with E-state index in [0.717, 1.165) is 36.7 Å². The number of aromatic nitrogens is 2. The number of benzene rings is 1. The van der Waals surface area contributed by atoms with Crippen molar-refractivity contribution in [3.05, 3.63) is 23.2 Å². The third-order valence-electron chi connectivity index (χ3n) is 4.26. The number of hydrogen-bond donors (Lipinski definition) is 3. The SMILES string of the molecule is C[C@@H](Sc1nc2ccc(Cl)cc2[nH]1)C(=O)NC(=O)NC1CCCCC1. The standard InChI is InChI=1S/C17H21ClN4O2S/c1-10(15(23)22-16(24)19-12-5-3-2-4-6-12)25-17-20-13-8-7-11(18)9-14(13)21-17/h7-10,12H,2-6H2,1H3,(H,20,21)(H2,19,22,23,24)/t10-/m1/s1. The maximum absolute atomic E-state index is 12.2. The van der Waals surface area contributed by atoms with Crippen LogP contribution in [0.4, 0.5) is 4.79 Å². The predicted octanol–water partition coefficient (Wildman–Crippen LogP) is 3.86. The largest absolute Gasteiger partial charge is 0.335 e. The highest BCUT2D eigenvalue weighted by Crippen LogP contribution is 2.25. The van der Waals surface area contributed by atoms with Crippen LogP contribution in [0, 0.1) is 0 Å². The highest BCUT2D eigenvalue weighted by molar-refractivity contribution is 8.00. The van der Waals surface area contributed by atoms with E-state index in [2.05, 4.69) is 20.6 Å². The number of nitrogens with zero attached hydrogens (tertiary/aromatic N) is 1. The van der Waals surface area contributed by atoms with E-state index in [4.69, 9.17) is 11.6 Å². The summed E-state index contributed by atoms with van der Waals surface area (Å²) in [4.78, 5) is 31.7. The van der Waals surface area contributed by atoms with Crippen LogP contribution in [-0.4, -0.2) is 33.2 Å². The number of nitrogens with one attached hydrogen (secondary N) is 3. The molecule has 1 aliphatic carbocycles. The summed E-state index contributed by atoms with van der Waals surface area (Å²) in [5, 5.41) is 6.09. The molecule has 2 aromatic rings. The molecule has 3 N–H and O–H groups in total. The van der Waals surface area contributed by atoms with Crippen molar-refractivity contribution < 1.29 is 9.59 Å². The lowest BCUT2D eigenvalue weighted by Crippen LogP contribution is -2.47. The number of imide groups is 1. The van der Waals surface area contributed by atoms with Crippen molar-refractivity contribution in [2.75, 3.05) is 0 Å². The van der Waals surface area contributed by atoms with E-state index in [0.29, 0.717) is 10.2 Å². The molecule has 6 nitrogen and oxygen atoms in total. The number of fused-ring (bicyclic) bond motifs is 1. The molecule has 0 saturated heterocycles. The minimum absolute atomic E-state index is 0.171. The van der Waals surface area contributed by atoms with Gasteiger partial charge in [0.2, 0.25) is 5.91 Å². The van der Waals surface area contributed by atoms with Crippen molar-refractivity contribution in [2.45, 2.75) is 55.5 Å². The first-order valence-corrected chi connectivity index (χ1v) is 9.70. The molecule has 1 atom stereocenters. The van der Waals surface area contributed by atoms with Gasteiger partial charge in [-0.3, -0.25) is 10.1 Å². The van der Waals surface area contributed by atoms with Gasteiger partial charge in [0.1, 0.15) is 0 Å². The first-order valence-electron chi connectivity index (χ1n) is 8.44. The number of carbonyl (C=O) groups is 2. The van der Waals surface area contributed by atoms with Crippen molar-refractivity contribution >= 4 is 46.3 Å². The topological polar surface area (TPSA) is 86.9 Å². The van der Waals surface area contributed by atoms with Crippen LogP contribution >= 0.6 is 23.4 Å². The Morgan fingerprint density at radius 3 is 2.84 bits per heavy atom. The molecular weight excluding hydrogens is 360 g/mol. The number of H-pyrrole nitrogens is 1. The predicted molar refractivity (Wildman–Crippen MR) is 100.0 cm³/mol. The third kappa shape index (κ3) is 4.89. The maximum atomic E-state index is 12.2. The summed E-state index contributed by atoms with van der Waals surface area (Å²) in [5.74, 6) is -0.336. The first kappa shape index (κ1) is 18.1. The zero-order chi connectivity index (χ0) is 17.8. The Morgan fingerprint density at radius 2 is 2.08 bits per heavy atom. The Kier molecular flexibility index (Phi) is 5.86. The minimum atomic E-state index is -0.451. The fraction of sp³-hybridized carbons (Fsp3) is 0.471. The number of rotatable bonds is 4. The molecule has 1 aromatic carbocycles. The Hall–Kier alpha value is -1.73. The van der Waals surface area contributed by atoms with Gasteiger partial charge in [-0.25, -0.2) is 9.78 Å². The summed E-state index contributed by atoms with van der Waals surface area (Å²) in [5.41, 5.74) is 1.60. The number of thioether (sulfide) groups is 1. The molecule has 134 valence electrons. The molecule has 0 unspecified atom stereocenters. The van der Waals surface area contributed by atoms with Crippen LogP contribution in [0.5, 0.6) is 0 Å². The minimum Gasteiger partial charge on any atom is -0.335 e. The second-order valence-corrected chi connectivity index (χ2v) is 8.03. The molecule has 1 aliphatic rings. The average molecular weight is 381 g/mol. The number of halogens is 1. The quantitative estimate of drug-likeness (QED) is 0.703. The van der Waals surface area contributed by atoms with Gasteiger partial charge in [0.05, 0.1) is 16.3 Å². The lowest BCUT2D eigenvalue weighted by atomic mass is 9.96. The molecule has 25 heavy (non-hydrogen) atoms. The Morgan fingerprint density at radius 1 is 1.32 bits per heavy atom. The van der Waals surface area contributed by atoms with Crippen LogP contribution in [0.15, 0.2) is 23.4 Å². The smallest absolute Gasteiger partial charge is 0.321 e. The monoisotopic (exact) mass is 380 g/mol. The molecule has 3 amide bonds.